The van der Waals surface area contributed by atoms with Gasteiger partial charge in [0.1, 0.15) is 11.5 Å². The second-order valence-electron chi connectivity index (χ2n) is 8.18. The van der Waals surface area contributed by atoms with Crippen LogP contribution in [0.4, 0.5) is 11.4 Å². The average molecular weight is 427 g/mol. The summed E-state index contributed by atoms with van der Waals surface area (Å²) in [5.41, 5.74) is 5.79. The number of carbonyl (C=O) groups is 1. The topological polar surface area (TPSA) is 59.6 Å². The fourth-order valence-electron chi connectivity index (χ4n) is 4.74. The standard InChI is InChI=1S/C27H26N2O3/c1-31-19-13-11-17(12-14-19)18-15-23-26(24(30)16-18)27(20-7-3-6-10-25(20)32-2)29-22-9-5-4-8-21(22)28-23/h3-14,18,27-29H,15-16H2,1-2H3/t18-,27-/m1/s1. The zero-order chi connectivity index (χ0) is 22.1. The number of ketones is 1. The van der Waals surface area contributed by atoms with Gasteiger partial charge in [-0.2, -0.15) is 0 Å². The van der Waals surface area contributed by atoms with Crippen molar-refractivity contribution in [2.75, 3.05) is 24.9 Å². The van der Waals surface area contributed by atoms with E-state index in [9.17, 15) is 4.79 Å². The molecule has 0 unspecified atom stereocenters. The molecular weight excluding hydrogens is 400 g/mol. The molecule has 0 aromatic heterocycles. The zero-order valence-electron chi connectivity index (χ0n) is 18.2. The van der Waals surface area contributed by atoms with E-state index in [2.05, 4.69) is 22.8 Å². The smallest absolute Gasteiger partial charge is 0.163 e. The number of nitrogens with one attached hydrogen (secondary N) is 2. The van der Waals surface area contributed by atoms with E-state index < -0.39 is 0 Å². The highest BCUT2D eigenvalue weighted by Gasteiger charge is 2.36. The molecule has 0 radical (unpaired) electrons. The normalized spacial score (nSPS) is 19.8. The molecule has 1 aliphatic heterocycles. The third kappa shape index (κ3) is 3.60. The van der Waals surface area contributed by atoms with E-state index in [4.69, 9.17) is 9.47 Å². The fraction of sp³-hybridized carbons (Fsp3) is 0.222. The molecule has 1 aliphatic carbocycles. The summed E-state index contributed by atoms with van der Waals surface area (Å²) >= 11 is 0. The highest BCUT2D eigenvalue weighted by molar-refractivity contribution is 6.01. The molecule has 1 heterocycles. The van der Waals surface area contributed by atoms with E-state index in [1.165, 1.54) is 0 Å². The Balaban J connectivity index is 1.60. The number of ether oxygens (including phenoxy) is 2. The van der Waals surface area contributed by atoms with Crippen LogP contribution < -0.4 is 20.1 Å². The second kappa shape index (κ2) is 8.42. The first-order valence-corrected chi connectivity index (χ1v) is 10.8. The van der Waals surface area contributed by atoms with Crippen LogP contribution in [0.1, 0.15) is 35.9 Å². The molecule has 5 rings (SSSR count). The number of methoxy groups -OCH3 is 2. The lowest BCUT2D eigenvalue weighted by atomic mass is 9.78. The van der Waals surface area contributed by atoms with Crippen molar-refractivity contribution in [2.45, 2.75) is 24.8 Å². The van der Waals surface area contributed by atoms with Crippen molar-refractivity contribution in [3.63, 3.8) is 0 Å². The first kappa shape index (κ1) is 20.2. The maximum Gasteiger partial charge on any atom is 0.163 e. The molecule has 0 saturated carbocycles. The Morgan fingerprint density at radius 2 is 1.53 bits per heavy atom. The van der Waals surface area contributed by atoms with Crippen LogP contribution in [-0.2, 0) is 4.79 Å². The summed E-state index contributed by atoms with van der Waals surface area (Å²) < 4.78 is 10.9. The molecule has 0 fully saturated rings. The van der Waals surface area contributed by atoms with Crippen molar-refractivity contribution >= 4 is 17.2 Å². The van der Waals surface area contributed by atoms with E-state index in [-0.39, 0.29) is 17.7 Å². The molecule has 3 aromatic carbocycles. The summed E-state index contributed by atoms with van der Waals surface area (Å²) in [6, 6.07) is 23.7. The molecule has 2 atom stereocenters. The highest BCUT2D eigenvalue weighted by atomic mass is 16.5. The Morgan fingerprint density at radius 3 is 2.28 bits per heavy atom. The van der Waals surface area contributed by atoms with Crippen LogP contribution in [0.25, 0.3) is 0 Å². The maximum absolute atomic E-state index is 13.6. The number of fused-ring (bicyclic) bond motifs is 1. The van der Waals surface area contributed by atoms with Gasteiger partial charge in [-0.15, -0.1) is 0 Å². The number of benzene rings is 3. The zero-order valence-corrected chi connectivity index (χ0v) is 18.2. The van der Waals surface area contributed by atoms with Crippen LogP contribution in [-0.4, -0.2) is 20.0 Å². The Kier molecular flexibility index (Phi) is 5.31. The van der Waals surface area contributed by atoms with E-state index in [0.29, 0.717) is 6.42 Å². The molecule has 5 heteroatoms. The Bertz CT molecular complexity index is 1180. The van der Waals surface area contributed by atoms with Gasteiger partial charge in [-0.05, 0) is 48.2 Å². The number of anilines is 2. The third-order valence-corrected chi connectivity index (χ3v) is 6.35. The SMILES string of the molecule is COc1ccc([C@H]2CC(=O)C3=C(C2)Nc2ccccc2N[C@@H]3c2ccccc2OC)cc1. The fourth-order valence-corrected chi connectivity index (χ4v) is 4.74. The van der Waals surface area contributed by atoms with Crippen molar-refractivity contribution in [2.24, 2.45) is 0 Å². The van der Waals surface area contributed by atoms with Gasteiger partial charge in [-0.3, -0.25) is 4.79 Å². The molecule has 0 bridgehead atoms. The van der Waals surface area contributed by atoms with Crippen LogP contribution in [0.15, 0.2) is 84.1 Å². The lowest BCUT2D eigenvalue weighted by Gasteiger charge is -2.30. The van der Waals surface area contributed by atoms with Gasteiger partial charge in [0.15, 0.2) is 5.78 Å². The minimum atomic E-state index is -0.290. The lowest BCUT2D eigenvalue weighted by molar-refractivity contribution is -0.116. The van der Waals surface area contributed by atoms with Crippen LogP contribution in [0, 0.1) is 0 Å². The Morgan fingerprint density at radius 1 is 0.812 bits per heavy atom. The summed E-state index contributed by atoms with van der Waals surface area (Å²) in [6.07, 6.45) is 1.23. The number of hydrogen-bond donors (Lipinski definition) is 2. The largest absolute Gasteiger partial charge is 0.497 e. The number of rotatable bonds is 4. The van der Waals surface area contributed by atoms with Gasteiger partial charge in [0.05, 0.1) is 31.6 Å². The van der Waals surface area contributed by atoms with Crippen molar-refractivity contribution < 1.29 is 14.3 Å². The molecule has 2 N–H and O–H groups in total. The van der Waals surface area contributed by atoms with Gasteiger partial charge in [-0.1, -0.05) is 42.5 Å². The monoisotopic (exact) mass is 426 g/mol. The lowest BCUT2D eigenvalue weighted by Crippen LogP contribution is -2.27. The Labute approximate surface area is 188 Å². The minimum absolute atomic E-state index is 0.114. The van der Waals surface area contributed by atoms with E-state index in [0.717, 1.165) is 51.7 Å². The van der Waals surface area contributed by atoms with Crippen LogP contribution in [0.5, 0.6) is 11.5 Å². The molecule has 162 valence electrons. The first-order chi connectivity index (χ1) is 15.7. The first-order valence-electron chi connectivity index (χ1n) is 10.8. The summed E-state index contributed by atoms with van der Waals surface area (Å²) in [4.78, 5) is 13.6. The minimum Gasteiger partial charge on any atom is -0.497 e. The van der Waals surface area contributed by atoms with Gasteiger partial charge >= 0.3 is 0 Å². The van der Waals surface area contributed by atoms with Gasteiger partial charge < -0.3 is 20.1 Å². The molecule has 3 aromatic rings. The molecule has 0 saturated heterocycles. The van der Waals surface area contributed by atoms with E-state index in [1.54, 1.807) is 14.2 Å². The van der Waals surface area contributed by atoms with Crippen LogP contribution >= 0.6 is 0 Å². The third-order valence-electron chi connectivity index (χ3n) is 6.35. The predicted molar refractivity (Wildman–Crippen MR) is 126 cm³/mol. The summed E-state index contributed by atoms with van der Waals surface area (Å²) in [5.74, 6) is 1.85. The summed E-state index contributed by atoms with van der Waals surface area (Å²) in [6.45, 7) is 0. The summed E-state index contributed by atoms with van der Waals surface area (Å²) in [5, 5.41) is 7.19. The van der Waals surface area contributed by atoms with Gasteiger partial charge in [0, 0.05) is 23.3 Å². The summed E-state index contributed by atoms with van der Waals surface area (Å²) in [7, 11) is 3.33. The number of hydrogen-bond acceptors (Lipinski definition) is 5. The number of Topliss-reactive ketones (excluding diaryl/α,β-unsaturated/α-hetero) is 1. The molecule has 0 spiro atoms. The average Bonchev–Trinajstić information content (AvgIpc) is 3.01. The molecule has 5 nitrogen and oxygen atoms in total. The maximum atomic E-state index is 13.6. The van der Waals surface area contributed by atoms with Crippen molar-refractivity contribution in [1.82, 2.24) is 0 Å². The number of allylic oxidation sites excluding steroid dienone is 1. The molecule has 32 heavy (non-hydrogen) atoms. The van der Waals surface area contributed by atoms with Gasteiger partial charge in [-0.25, -0.2) is 0 Å². The van der Waals surface area contributed by atoms with Crippen LogP contribution in [0.2, 0.25) is 0 Å². The predicted octanol–water partition coefficient (Wildman–Crippen LogP) is 5.68. The number of para-hydroxylation sites is 3. The molecule has 2 aliphatic rings. The highest BCUT2D eigenvalue weighted by Crippen LogP contribution is 2.45. The van der Waals surface area contributed by atoms with Crippen LogP contribution in [0.3, 0.4) is 0 Å². The Hall–Kier alpha value is -3.73. The number of carbonyl (C=O) groups excluding carboxylic acids is 1. The molecule has 0 amide bonds. The van der Waals surface area contributed by atoms with Gasteiger partial charge in [0.25, 0.3) is 0 Å². The quantitative estimate of drug-likeness (QED) is 0.562. The van der Waals surface area contributed by atoms with E-state index in [1.807, 2.05) is 60.7 Å². The van der Waals surface area contributed by atoms with E-state index >= 15 is 0 Å². The van der Waals surface area contributed by atoms with Gasteiger partial charge in [0.2, 0.25) is 0 Å². The van der Waals surface area contributed by atoms with Crippen molar-refractivity contribution in [1.29, 1.82) is 0 Å². The second-order valence-corrected chi connectivity index (χ2v) is 8.18. The van der Waals surface area contributed by atoms with Crippen molar-refractivity contribution in [3.05, 3.63) is 95.2 Å². The van der Waals surface area contributed by atoms with Crippen molar-refractivity contribution in [3.8, 4) is 11.5 Å². The molecular formula is C27H26N2O3.